The van der Waals surface area contributed by atoms with Crippen LogP contribution < -0.4 is 5.32 Å². The molecule has 0 bridgehead atoms. The van der Waals surface area contributed by atoms with E-state index in [1.807, 2.05) is 17.5 Å². The topological polar surface area (TPSA) is 71.3 Å². The summed E-state index contributed by atoms with van der Waals surface area (Å²) in [7, 11) is 0. The Hall–Kier alpha value is -2.10. The van der Waals surface area contributed by atoms with Gasteiger partial charge in [0.1, 0.15) is 0 Å². The van der Waals surface area contributed by atoms with E-state index in [1.54, 1.807) is 16.2 Å². The minimum absolute atomic E-state index is 0.0712. The molecule has 130 valence electrons. The molecule has 3 heterocycles. The molecule has 0 radical (unpaired) electrons. The second-order valence-electron chi connectivity index (χ2n) is 5.47. The van der Waals surface area contributed by atoms with Crippen molar-refractivity contribution < 1.29 is 22.4 Å². The van der Waals surface area contributed by atoms with Gasteiger partial charge in [-0.3, -0.25) is 0 Å². The fraction of sp³-hybridized carbons (Fsp3) is 0.500. The third kappa shape index (κ3) is 3.86. The first-order chi connectivity index (χ1) is 11.4. The number of carbonyl (C=O) groups is 1. The Bertz CT molecular complexity index is 687. The standard InChI is InChI=1S/C14H15F3N4O2S/c15-14(16,17)12-20-19-11(23-12)9-3-1-5-21(8-9)13(22)18-7-10-4-2-6-24-10/h2,4,6,9H,1,3,5,7-8H2,(H,18,22)/t9-/m0/s1. The first-order valence-electron chi connectivity index (χ1n) is 7.39. The van der Waals surface area contributed by atoms with Gasteiger partial charge in [-0.05, 0) is 24.3 Å². The highest BCUT2D eigenvalue weighted by molar-refractivity contribution is 7.09. The average molecular weight is 360 g/mol. The molecule has 2 amide bonds. The lowest BCUT2D eigenvalue weighted by molar-refractivity contribution is -0.157. The summed E-state index contributed by atoms with van der Waals surface area (Å²) in [5, 5.41) is 11.3. The van der Waals surface area contributed by atoms with E-state index in [4.69, 9.17) is 4.42 Å². The van der Waals surface area contributed by atoms with Crippen LogP contribution in [0.1, 0.15) is 35.4 Å². The number of thiophene rings is 1. The van der Waals surface area contributed by atoms with Crippen molar-refractivity contribution in [1.29, 1.82) is 0 Å². The summed E-state index contributed by atoms with van der Waals surface area (Å²) in [6, 6.07) is 3.57. The van der Waals surface area contributed by atoms with Crippen molar-refractivity contribution in [2.75, 3.05) is 13.1 Å². The van der Waals surface area contributed by atoms with E-state index in [-0.39, 0.29) is 24.4 Å². The highest BCUT2D eigenvalue weighted by atomic mass is 32.1. The zero-order chi connectivity index (χ0) is 17.2. The van der Waals surface area contributed by atoms with Gasteiger partial charge >= 0.3 is 18.1 Å². The lowest BCUT2D eigenvalue weighted by Gasteiger charge is -2.31. The van der Waals surface area contributed by atoms with Crippen LogP contribution >= 0.6 is 11.3 Å². The zero-order valence-electron chi connectivity index (χ0n) is 12.5. The third-order valence-electron chi connectivity index (χ3n) is 3.73. The maximum absolute atomic E-state index is 12.5. The molecule has 1 aliphatic rings. The highest BCUT2D eigenvalue weighted by Crippen LogP contribution is 2.32. The van der Waals surface area contributed by atoms with Gasteiger partial charge in [0.15, 0.2) is 0 Å². The lowest BCUT2D eigenvalue weighted by atomic mass is 9.98. The number of carbonyl (C=O) groups excluding carboxylic acids is 1. The van der Waals surface area contributed by atoms with Gasteiger partial charge < -0.3 is 14.6 Å². The minimum Gasteiger partial charge on any atom is -0.417 e. The first kappa shape index (κ1) is 16.7. The van der Waals surface area contributed by atoms with Crippen LogP contribution in [0.4, 0.5) is 18.0 Å². The van der Waals surface area contributed by atoms with E-state index in [0.29, 0.717) is 25.9 Å². The molecule has 1 aliphatic heterocycles. The van der Waals surface area contributed by atoms with Crippen molar-refractivity contribution in [2.24, 2.45) is 0 Å². The number of alkyl halides is 3. The zero-order valence-corrected chi connectivity index (χ0v) is 13.4. The van der Waals surface area contributed by atoms with Crippen molar-refractivity contribution in [2.45, 2.75) is 31.5 Å². The van der Waals surface area contributed by atoms with Crippen molar-refractivity contribution in [3.8, 4) is 0 Å². The molecule has 1 saturated heterocycles. The van der Waals surface area contributed by atoms with Gasteiger partial charge in [0.2, 0.25) is 5.89 Å². The molecule has 1 fully saturated rings. The van der Waals surface area contributed by atoms with Gasteiger partial charge in [-0.2, -0.15) is 13.2 Å². The normalized spacial score (nSPS) is 18.6. The van der Waals surface area contributed by atoms with Gasteiger partial charge in [0.25, 0.3) is 0 Å². The molecule has 1 N–H and O–H groups in total. The number of hydrogen-bond acceptors (Lipinski definition) is 5. The fourth-order valence-electron chi connectivity index (χ4n) is 2.56. The minimum atomic E-state index is -4.66. The molecule has 0 aromatic carbocycles. The van der Waals surface area contributed by atoms with Crippen LogP contribution in [0.2, 0.25) is 0 Å². The van der Waals surface area contributed by atoms with Gasteiger partial charge in [0, 0.05) is 18.0 Å². The van der Waals surface area contributed by atoms with E-state index in [2.05, 4.69) is 15.5 Å². The monoisotopic (exact) mass is 360 g/mol. The predicted molar refractivity (Wildman–Crippen MR) is 79.4 cm³/mol. The van der Waals surface area contributed by atoms with Crippen molar-refractivity contribution >= 4 is 17.4 Å². The van der Waals surface area contributed by atoms with Crippen molar-refractivity contribution in [3.63, 3.8) is 0 Å². The van der Waals surface area contributed by atoms with Gasteiger partial charge in [-0.25, -0.2) is 4.79 Å². The molecule has 0 unspecified atom stereocenters. The third-order valence-corrected chi connectivity index (χ3v) is 4.61. The van der Waals surface area contributed by atoms with Gasteiger partial charge in [-0.1, -0.05) is 6.07 Å². The van der Waals surface area contributed by atoms with Crippen LogP contribution in [0, 0.1) is 0 Å². The van der Waals surface area contributed by atoms with Crippen LogP contribution in [-0.4, -0.2) is 34.2 Å². The number of likely N-dealkylation sites (tertiary alicyclic amines) is 1. The molecule has 0 spiro atoms. The second-order valence-corrected chi connectivity index (χ2v) is 6.50. The molecule has 24 heavy (non-hydrogen) atoms. The van der Waals surface area contributed by atoms with Gasteiger partial charge in [0.05, 0.1) is 12.5 Å². The SMILES string of the molecule is O=C(NCc1cccs1)N1CCC[C@H](c2nnc(C(F)(F)F)o2)C1. The van der Waals surface area contributed by atoms with Crippen LogP contribution in [-0.2, 0) is 12.7 Å². The largest absolute Gasteiger partial charge is 0.470 e. The Morgan fingerprint density at radius 3 is 2.96 bits per heavy atom. The first-order valence-corrected chi connectivity index (χ1v) is 8.27. The number of rotatable bonds is 3. The van der Waals surface area contributed by atoms with Gasteiger partial charge in [-0.15, -0.1) is 21.5 Å². The summed E-state index contributed by atoms with van der Waals surface area (Å²) in [4.78, 5) is 14.8. The summed E-state index contributed by atoms with van der Waals surface area (Å²) < 4.78 is 42.3. The van der Waals surface area contributed by atoms with E-state index in [1.165, 1.54) is 0 Å². The Balaban J connectivity index is 1.59. The van der Waals surface area contributed by atoms with Crippen LogP contribution in [0.3, 0.4) is 0 Å². The Morgan fingerprint density at radius 2 is 2.29 bits per heavy atom. The van der Waals surface area contributed by atoms with Crippen LogP contribution in [0.5, 0.6) is 0 Å². The van der Waals surface area contributed by atoms with Crippen LogP contribution in [0.15, 0.2) is 21.9 Å². The maximum Gasteiger partial charge on any atom is 0.470 e. The summed E-state index contributed by atoms with van der Waals surface area (Å²) in [6.45, 7) is 1.24. The number of nitrogens with zero attached hydrogens (tertiary/aromatic N) is 3. The fourth-order valence-corrected chi connectivity index (χ4v) is 3.21. The van der Waals surface area contributed by atoms with E-state index >= 15 is 0 Å². The molecule has 2 aromatic heterocycles. The number of amides is 2. The summed E-state index contributed by atoms with van der Waals surface area (Å²) in [6.07, 6.45) is -3.38. The molecule has 6 nitrogen and oxygen atoms in total. The highest BCUT2D eigenvalue weighted by Gasteiger charge is 2.39. The average Bonchev–Trinajstić information content (AvgIpc) is 3.23. The van der Waals surface area contributed by atoms with Crippen molar-refractivity contribution in [3.05, 3.63) is 34.2 Å². The molecular formula is C14H15F3N4O2S. The Kier molecular flexibility index (Phi) is 4.74. The maximum atomic E-state index is 12.5. The Labute approximate surface area is 139 Å². The molecule has 3 rings (SSSR count). The molecule has 2 aromatic rings. The summed E-state index contributed by atoms with van der Waals surface area (Å²) in [5.41, 5.74) is 0. The number of halogens is 3. The van der Waals surface area contributed by atoms with Crippen LogP contribution in [0.25, 0.3) is 0 Å². The predicted octanol–water partition coefficient (Wildman–Crippen LogP) is 3.24. The quantitative estimate of drug-likeness (QED) is 0.912. The second kappa shape index (κ2) is 6.80. The van der Waals surface area contributed by atoms with E-state index < -0.39 is 12.1 Å². The number of nitrogens with one attached hydrogen (secondary N) is 1. The Morgan fingerprint density at radius 1 is 1.46 bits per heavy atom. The number of urea groups is 1. The molecule has 0 aliphatic carbocycles. The number of aromatic nitrogens is 2. The van der Waals surface area contributed by atoms with Crippen molar-refractivity contribution in [1.82, 2.24) is 20.4 Å². The molecule has 0 saturated carbocycles. The van der Waals surface area contributed by atoms with E-state index in [9.17, 15) is 18.0 Å². The summed E-state index contributed by atoms with van der Waals surface area (Å²) >= 11 is 1.54. The smallest absolute Gasteiger partial charge is 0.417 e. The number of hydrogen-bond donors (Lipinski definition) is 1. The van der Waals surface area contributed by atoms with E-state index in [0.717, 1.165) is 4.88 Å². The lowest BCUT2D eigenvalue weighted by Crippen LogP contribution is -2.44. The number of piperidine rings is 1. The molecule has 10 heteroatoms. The summed E-state index contributed by atoms with van der Waals surface area (Å²) in [5.74, 6) is -1.80. The molecule has 1 atom stereocenters. The molecular weight excluding hydrogens is 345 g/mol.